The minimum absolute atomic E-state index is 0.462. The molecule has 0 N–H and O–H groups in total. The molecule has 2 rings (SSSR count). The Morgan fingerprint density at radius 2 is 2.08 bits per heavy atom. The molecule has 0 amide bonds. The van der Waals surface area contributed by atoms with Crippen LogP contribution in [0.15, 0.2) is 24.4 Å². The number of hydrogen-bond donors (Lipinski definition) is 0. The molecule has 1 heterocycles. The molecule has 0 saturated carbocycles. The molecule has 1 aliphatic carbocycles. The zero-order chi connectivity index (χ0) is 9.26. The predicted molar refractivity (Wildman–Crippen MR) is 56.5 cm³/mol. The van der Waals surface area contributed by atoms with Crippen molar-refractivity contribution < 1.29 is 0 Å². The fraction of sp³-hybridized carbons (Fsp3) is 0.182. The van der Waals surface area contributed by atoms with Crippen molar-refractivity contribution in [2.24, 2.45) is 5.92 Å². The number of rotatable bonds is 0. The fourth-order valence-electron chi connectivity index (χ4n) is 1.34. The highest BCUT2D eigenvalue weighted by atomic mass is 35.5. The lowest BCUT2D eigenvalue weighted by Crippen LogP contribution is -1.84. The van der Waals surface area contributed by atoms with Crippen LogP contribution in [0, 0.1) is 5.92 Å². The third kappa shape index (κ3) is 1.65. The van der Waals surface area contributed by atoms with Crippen molar-refractivity contribution in [2.45, 2.75) is 6.92 Å². The molecule has 0 radical (unpaired) electrons. The summed E-state index contributed by atoms with van der Waals surface area (Å²) in [6.07, 6.45) is 10.1. The van der Waals surface area contributed by atoms with E-state index >= 15 is 0 Å². The first-order valence-electron chi connectivity index (χ1n) is 4.28. The van der Waals surface area contributed by atoms with Crippen LogP contribution in [0.5, 0.6) is 0 Å². The van der Waals surface area contributed by atoms with E-state index in [-0.39, 0.29) is 0 Å². The lowest BCUT2D eigenvalue weighted by molar-refractivity contribution is 0.954. The average Bonchev–Trinajstić information content (AvgIpc) is 2.30. The van der Waals surface area contributed by atoms with Gasteiger partial charge in [0, 0.05) is 11.8 Å². The molecular formula is C11H10ClN. The number of halogens is 1. The van der Waals surface area contributed by atoms with Crippen LogP contribution in [0.2, 0.25) is 5.15 Å². The molecule has 0 fully saturated rings. The molecule has 1 aromatic heterocycles. The molecule has 13 heavy (non-hydrogen) atoms. The molecule has 1 aromatic rings. The summed E-state index contributed by atoms with van der Waals surface area (Å²) in [6, 6.07) is 1.97. The highest BCUT2D eigenvalue weighted by molar-refractivity contribution is 6.31. The van der Waals surface area contributed by atoms with Gasteiger partial charge in [-0.3, -0.25) is 0 Å². The summed E-state index contributed by atoms with van der Waals surface area (Å²) in [6.45, 7) is 2.14. The van der Waals surface area contributed by atoms with Crippen LogP contribution in [0.25, 0.3) is 12.2 Å². The number of nitrogens with zero attached hydrogens (tertiary/aromatic N) is 1. The van der Waals surface area contributed by atoms with Crippen LogP contribution in [-0.4, -0.2) is 4.98 Å². The first-order chi connectivity index (χ1) is 6.27. The standard InChI is InChI=1S/C11H10ClN/c1-8-2-4-9-6-7-13-11(12)10(9)5-3-8/h2-8H,1H3. The maximum atomic E-state index is 5.97. The van der Waals surface area contributed by atoms with Gasteiger partial charge in [0.1, 0.15) is 5.15 Å². The molecule has 0 spiro atoms. The Hall–Kier alpha value is -1.08. The largest absolute Gasteiger partial charge is 0.244 e. The zero-order valence-electron chi connectivity index (χ0n) is 7.37. The van der Waals surface area contributed by atoms with Gasteiger partial charge >= 0.3 is 0 Å². The van der Waals surface area contributed by atoms with Crippen LogP contribution < -0.4 is 0 Å². The number of hydrogen-bond acceptors (Lipinski definition) is 1. The third-order valence-corrected chi connectivity index (χ3v) is 2.42. The Labute approximate surface area is 82.8 Å². The first kappa shape index (κ1) is 8.52. The molecule has 0 aliphatic heterocycles. The van der Waals surface area contributed by atoms with E-state index in [0.29, 0.717) is 11.1 Å². The lowest BCUT2D eigenvalue weighted by atomic mass is 10.1. The summed E-state index contributed by atoms with van der Waals surface area (Å²) in [7, 11) is 0. The van der Waals surface area contributed by atoms with Gasteiger partial charge in [-0.2, -0.15) is 0 Å². The minimum Gasteiger partial charge on any atom is -0.244 e. The maximum Gasteiger partial charge on any atom is 0.136 e. The van der Waals surface area contributed by atoms with Gasteiger partial charge in [0.05, 0.1) is 0 Å². The van der Waals surface area contributed by atoms with Crippen LogP contribution in [0.3, 0.4) is 0 Å². The highest BCUT2D eigenvalue weighted by Gasteiger charge is 2.05. The van der Waals surface area contributed by atoms with Gasteiger partial charge < -0.3 is 0 Å². The predicted octanol–water partition coefficient (Wildman–Crippen LogP) is 3.41. The van der Waals surface area contributed by atoms with Crippen molar-refractivity contribution in [3.8, 4) is 0 Å². The molecule has 2 heteroatoms. The van der Waals surface area contributed by atoms with Crippen molar-refractivity contribution in [3.05, 3.63) is 40.7 Å². The number of aromatic nitrogens is 1. The Morgan fingerprint density at radius 1 is 1.31 bits per heavy atom. The van der Waals surface area contributed by atoms with Gasteiger partial charge in [0.25, 0.3) is 0 Å². The highest BCUT2D eigenvalue weighted by Crippen LogP contribution is 2.24. The monoisotopic (exact) mass is 191 g/mol. The second-order valence-electron chi connectivity index (χ2n) is 3.18. The van der Waals surface area contributed by atoms with E-state index < -0.39 is 0 Å². The Balaban J connectivity index is 2.59. The molecule has 1 atom stereocenters. The Morgan fingerprint density at radius 3 is 2.92 bits per heavy atom. The van der Waals surface area contributed by atoms with Gasteiger partial charge in [-0.15, -0.1) is 0 Å². The van der Waals surface area contributed by atoms with Gasteiger partial charge in [-0.25, -0.2) is 4.98 Å². The summed E-state index contributed by atoms with van der Waals surface area (Å²) in [5.41, 5.74) is 2.16. The van der Waals surface area contributed by atoms with Gasteiger partial charge in [0.2, 0.25) is 0 Å². The maximum absolute atomic E-state index is 5.97. The van der Waals surface area contributed by atoms with Crippen molar-refractivity contribution in [1.82, 2.24) is 4.98 Å². The minimum atomic E-state index is 0.462. The Bertz CT molecular complexity index is 380. The fourth-order valence-corrected chi connectivity index (χ4v) is 1.57. The second-order valence-corrected chi connectivity index (χ2v) is 3.54. The summed E-state index contributed by atoms with van der Waals surface area (Å²) < 4.78 is 0. The van der Waals surface area contributed by atoms with Gasteiger partial charge in [-0.05, 0) is 17.5 Å². The first-order valence-corrected chi connectivity index (χ1v) is 4.66. The van der Waals surface area contributed by atoms with Crippen molar-refractivity contribution in [2.75, 3.05) is 0 Å². The van der Waals surface area contributed by atoms with Crippen LogP contribution >= 0.6 is 11.6 Å². The summed E-state index contributed by atoms with van der Waals surface area (Å²) >= 11 is 5.97. The SMILES string of the molecule is CC1C=Cc2ccnc(Cl)c2C=C1. The molecule has 1 aliphatic rings. The Kier molecular flexibility index (Phi) is 2.19. The smallest absolute Gasteiger partial charge is 0.136 e. The van der Waals surface area contributed by atoms with Crippen LogP contribution in [0.1, 0.15) is 18.1 Å². The van der Waals surface area contributed by atoms with Crippen LogP contribution in [-0.2, 0) is 0 Å². The molecule has 0 saturated heterocycles. The van der Waals surface area contributed by atoms with E-state index in [4.69, 9.17) is 11.6 Å². The van der Waals surface area contributed by atoms with E-state index in [0.717, 1.165) is 11.1 Å². The molecule has 1 unspecified atom stereocenters. The number of allylic oxidation sites excluding steroid dienone is 2. The molecular weight excluding hydrogens is 182 g/mol. The zero-order valence-corrected chi connectivity index (χ0v) is 8.12. The van der Waals surface area contributed by atoms with E-state index in [1.165, 1.54) is 0 Å². The van der Waals surface area contributed by atoms with Gasteiger partial charge in [-0.1, -0.05) is 42.8 Å². The van der Waals surface area contributed by atoms with Crippen molar-refractivity contribution in [3.63, 3.8) is 0 Å². The summed E-state index contributed by atoms with van der Waals surface area (Å²) in [5, 5.41) is 0.576. The van der Waals surface area contributed by atoms with Crippen LogP contribution in [0.4, 0.5) is 0 Å². The van der Waals surface area contributed by atoms with E-state index in [9.17, 15) is 0 Å². The molecule has 1 nitrogen and oxygen atoms in total. The van der Waals surface area contributed by atoms with E-state index in [1.54, 1.807) is 6.20 Å². The number of pyridine rings is 1. The lowest BCUT2D eigenvalue weighted by Gasteiger charge is -2.00. The number of fused-ring (bicyclic) bond motifs is 1. The van der Waals surface area contributed by atoms with Gasteiger partial charge in [0.15, 0.2) is 0 Å². The van der Waals surface area contributed by atoms with E-state index in [1.807, 2.05) is 12.1 Å². The molecule has 0 bridgehead atoms. The quantitative estimate of drug-likeness (QED) is 0.573. The normalized spacial score (nSPS) is 19.7. The second kappa shape index (κ2) is 3.35. The summed E-state index contributed by atoms with van der Waals surface area (Å²) in [5.74, 6) is 0.462. The van der Waals surface area contributed by atoms with E-state index in [2.05, 4.69) is 30.1 Å². The summed E-state index contributed by atoms with van der Waals surface area (Å²) in [4.78, 5) is 4.04. The topological polar surface area (TPSA) is 12.9 Å². The average molecular weight is 192 g/mol. The third-order valence-electron chi connectivity index (χ3n) is 2.12. The molecule has 0 aromatic carbocycles. The van der Waals surface area contributed by atoms with Crippen molar-refractivity contribution in [1.29, 1.82) is 0 Å². The molecule has 66 valence electrons. The van der Waals surface area contributed by atoms with Crippen molar-refractivity contribution >= 4 is 23.8 Å².